The second kappa shape index (κ2) is 6.79. The number of nitrogens with one attached hydrogen (secondary N) is 1. The molecular formula is C21H20N4O2. The fraction of sp³-hybridized carbons (Fsp3) is 0.238. The summed E-state index contributed by atoms with van der Waals surface area (Å²) in [5.74, 6) is 0.642. The number of carbonyl (C=O) groups excluding carboxylic acids is 1. The lowest BCUT2D eigenvalue weighted by Crippen LogP contribution is -2.08. The maximum Gasteiger partial charge on any atom is 0.218 e. The number of aromatic nitrogens is 3. The first-order valence-corrected chi connectivity index (χ1v) is 8.84. The molecule has 0 spiro atoms. The van der Waals surface area contributed by atoms with Crippen LogP contribution >= 0.6 is 0 Å². The maximum atomic E-state index is 12.0. The largest absolute Gasteiger partial charge is 0.472 e. The van der Waals surface area contributed by atoms with E-state index in [-0.39, 0.29) is 11.9 Å². The van der Waals surface area contributed by atoms with Crippen LogP contribution in [0.3, 0.4) is 0 Å². The smallest absolute Gasteiger partial charge is 0.218 e. The van der Waals surface area contributed by atoms with Gasteiger partial charge >= 0.3 is 0 Å². The topological polar surface area (TPSA) is 80.2 Å². The zero-order valence-corrected chi connectivity index (χ0v) is 15.3. The van der Waals surface area contributed by atoms with Crippen molar-refractivity contribution in [1.29, 1.82) is 0 Å². The van der Waals surface area contributed by atoms with Crippen molar-refractivity contribution in [2.24, 2.45) is 4.99 Å². The van der Waals surface area contributed by atoms with Crippen molar-refractivity contribution >= 4 is 22.7 Å². The number of allylic oxidation sites excluding steroid dienone is 1. The summed E-state index contributed by atoms with van der Waals surface area (Å²) in [5, 5.41) is 0.869. The van der Waals surface area contributed by atoms with Gasteiger partial charge in [-0.1, -0.05) is 24.8 Å². The molecular weight excluding hydrogens is 340 g/mol. The fourth-order valence-corrected chi connectivity index (χ4v) is 3.14. The summed E-state index contributed by atoms with van der Waals surface area (Å²) in [7, 11) is 0. The van der Waals surface area contributed by atoms with Gasteiger partial charge in [-0.15, -0.1) is 0 Å². The molecule has 0 bridgehead atoms. The Morgan fingerprint density at radius 2 is 2.22 bits per heavy atom. The van der Waals surface area contributed by atoms with E-state index in [1.54, 1.807) is 6.92 Å². The van der Waals surface area contributed by atoms with Crippen LogP contribution in [-0.2, 0) is 16.0 Å². The Kier molecular flexibility index (Phi) is 4.32. The molecule has 1 unspecified atom stereocenters. The van der Waals surface area contributed by atoms with Gasteiger partial charge in [0.25, 0.3) is 0 Å². The van der Waals surface area contributed by atoms with Crippen molar-refractivity contribution < 1.29 is 9.53 Å². The average molecular weight is 360 g/mol. The Labute approximate surface area is 157 Å². The number of nitrogens with zero attached hydrogens (tertiary/aromatic N) is 3. The Morgan fingerprint density at radius 3 is 2.96 bits per heavy atom. The van der Waals surface area contributed by atoms with Gasteiger partial charge in [-0.2, -0.15) is 0 Å². The van der Waals surface area contributed by atoms with Gasteiger partial charge in [0.05, 0.1) is 23.2 Å². The van der Waals surface area contributed by atoms with Crippen LogP contribution in [0.15, 0.2) is 53.9 Å². The van der Waals surface area contributed by atoms with Gasteiger partial charge in [0.1, 0.15) is 18.1 Å². The number of Topliss-reactive ketones (excluding diaryl/α,β-unsaturated/α-hetero) is 1. The van der Waals surface area contributed by atoms with Crippen LogP contribution < -0.4 is 0 Å². The summed E-state index contributed by atoms with van der Waals surface area (Å²) < 4.78 is 5.83. The molecule has 3 heterocycles. The van der Waals surface area contributed by atoms with E-state index in [9.17, 15) is 4.79 Å². The normalized spacial score (nSPS) is 16.2. The molecule has 0 aliphatic carbocycles. The number of benzene rings is 1. The molecule has 1 aliphatic heterocycles. The minimum absolute atomic E-state index is 0.0324. The molecule has 3 aromatic rings. The number of fused-ring (bicyclic) bond motifs is 1. The van der Waals surface area contributed by atoms with E-state index in [2.05, 4.69) is 26.5 Å². The number of carbonyl (C=O) groups is 1. The molecule has 4 rings (SSSR count). The van der Waals surface area contributed by atoms with Crippen molar-refractivity contribution in [2.45, 2.75) is 26.4 Å². The van der Waals surface area contributed by atoms with Crippen LogP contribution in [0.2, 0.25) is 0 Å². The zero-order valence-electron chi connectivity index (χ0n) is 15.3. The monoisotopic (exact) mass is 360 g/mol. The summed E-state index contributed by atoms with van der Waals surface area (Å²) in [6.45, 7) is 8.09. The second-order valence-corrected chi connectivity index (χ2v) is 6.80. The third-order valence-corrected chi connectivity index (χ3v) is 4.55. The zero-order chi connectivity index (χ0) is 19.0. The van der Waals surface area contributed by atoms with E-state index in [4.69, 9.17) is 4.74 Å². The molecule has 1 aromatic carbocycles. The molecule has 2 aromatic heterocycles. The van der Waals surface area contributed by atoms with E-state index in [0.29, 0.717) is 24.4 Å². The van der Waals surface area contributed by atoms with Crippen LogP contribution in [0.1, 0.15) is 25.0 Å². The van der Waals surface area contributed by atoms with Gasteiger partial charge in [0, 0.05) is 18.2 Å². The Balaban J connectivity index is 1.79. The minimum atomic E-state index is 0.0324. The number of ketones is 1. The molecule has 0 fully saturated rings. The predicted octanol–water partition coefficient (Wildman–Crippen LogP) is 3.48. The first kappa shape index (κ1) is 17.1. The van der Waals surface area contributed by atoms with Crippen LogP contribution in [0.5, 0.6) is 0 Å². The quantitative estimate of drug-likeness (QED) is 0.707. The van der Waals surface area contributed by atoms with Gasteiger partial charge in [-0.05, 0) is 31.1 Å². The molecule has 1 N–H and O–H groups in total. The number of H-pyrrole nitrogens is 1. The van der Waals surface area contributed by atoms with E-state index >= 15 is 0 Å². The molecule has 27 heavy (non-hydrogen) atoms. The Hall–Kier alpha value is -3.28. The Morgan fingerprint density at radius 1 is 1.37 bits per heavy atom. The van der Waals surface area contributed by atoms with Gasteiger partial charge in [-0.3, -0.25) is 4.79 Å². The first-order chi connectivity index (χ1) is 13.0. The molecule has 1 atom stereocenters. The Bertz CT molecular complexity index is 1080. The lowest BCUT2D eigenvalue weighted by Gasteiger charge is -2.08. The second-order valence-electron chi connectivity index (χ2n) is 6.80. The SMILES string of the molecule is C=C(C)C(=O)Cc1cccc(-c2ncnc3[nH]cc(C4=NCC(C)O4)c23)c1. The summed E-state index contributed by atoms with van der Waals surface area (Å²) in [6.07, 6.45) is 3.78. The van der Waals surface area contributed by atoms with Crippen molar-refractivity contribution in [2.75, 3.05) is 6.54 Å². The molecule has 1 aliphatic rings. The number of aromatic amines is 1. The minimum Gasteiger partial charge on any atom is -0.472 e. The molecule has 0 amide bonds. The number of hydrogen-bond acceptors (Lipinski definition) is 5. The van der Waals surface area contributed by atoms with Gasteiger partial charge in [0.15, 0.2) is 5.78 Å². The average Bonchev–Trinajstić information content (AvgIpc) is 3.27. The highest BCUT2D eigenvalue weighted by Crippen LogP contribution is 2.30. The fourth-order valence-electron chi connectivity index (χ4n) is 3.14. The number of ether oxygens (including phenoxy) is 1. The standard InChI is InChI=1S/C21H20N4O2/c1-12(2)17(26)8-14-5-4-6-15(7-14)19-18-16(21-23-9-13(3)27-21)10-22-20(18)25-11-24-19/h4-7,10-11,13H,1,8-9H2,2-3H3,(H,22,24,25). The summed E-state index contributed by atoms with van der Waals surface area (Å²) in [6, 6.07) is 7.83. The number of rotatable bonds is 5. The van der Waals surface area contributed by atoms with Crippen LogP contribution in [0.4, 0.5) is 0 Å². The lowest BCUT2D eigenvalue weighted by molar-refractivity contribution is -0.114. The predicted molar refractivity (Wildman–Crippen MR) is 105 cm³/mol. The number of hydrogen-bond donors (Lipinski definition) is 1. The molecule has 0 radical (unpaired) electrons. The first-order valence-electron chi connectivity index (χ1n) is 8.84. The van der Waals surface area contributed by atoms with E-state index in [1.165, 1.54) is 6.33 Å². The van der Waals surface area contributed by atoms with E-state index < -0.39 is 0 Å². The van der Waals surface area contributed by atoms with Crippen molar-refractivity contribution in [3.05, 3.63) is 60.1 Å². The maximum absolute atomic E-state index is 12.0. The number of aliphatic imine (C=N–C) groups is 1. The van der Waals surface area contributed by atoms with Crippen molar-refractivity contribution in [1.82, 2.24) is 15.0 Å². The van der Waals surface area contributed by atoms with Gasteiger partial charge < -0.3 is 9.72 Å². The molecule has 0 saturated carbocycles. The van der Waals surface area contributed by atoms with Crippen molar-refractivity contribution in [3.8, 4) is 11.3 Å². The molecule has 0 saturated heterocycles. The third-order valence-electron chi connectivity index (χ3n) is 4.55. The van der Waals surface area contributed by atoms with Crippen LogP contribution in [-0.4, -0.2) is 39.3 Å². The molecule has 6 heteroatoms. The van der Waals surface area contributed by atoms with E-state index in [0.717, 1.165) is 33.4 Å². The molecule has 6 nitrogen and oxygen atoms in total. The third kappa shape index (κ3) is 3.26. The van der Waals surface area contributed by atoms with Crippen LogP contribution in [0.25, 0.3) is 22.3 Å². The van der Waals surface area contributed by atoms with Gasteiger partial charge in [-0.25, -0.2) is 15.0 Å². The van der Waals surface area contributed by atoms with Gasteiger partial charge in [0.2, 0.25) is 5.90 Å². The molecule has 136 valence electrons. The highest BCUT2D eigenvalue weighted by atomic mass is 16.5. The highest BCUT2D eigenvalue weighted by Gasteiger charge is 2.23. The lowest BCUT2D eigenvalue weighted by atomic mass is 10.00. The summed E-state index contributed by atoms with van der Waals surface area (Å²) in [4.78, 5) is 28.5. The van der Waals surface area contributed by atoms with E-state index in [1.807, 2.05) is 37.4 Å². The highest BCUT2D eigenvalue weighted by molar-refractivity contribution is 6.10. The summed E-state index contributed by atoms with van der Waals surface area (Å²) >= 11 is 0. The van der Waals surface area contributed by atoms with Crippen LogP contribution in [0, 0.1) is 0 Å². The van der Waals surface area contributed by atoms with Crippen molar-refractivity contribution in [3.63, 3.8) is 0 Å². The summed E-state index contributed by atoms with van der Waals surface area (Å²) in [5.41, 5.74) is 4.77.